The molecule has 0 aliphatic heterocycles. The van der Waals surface area contributed by atoms with Crippen molar-refractivity contribution in [3.63, 3.8) is 0 Å². The molecule has 1 aliphatic carbocycles. The van der Waals surface area contributed by atoms with Crippen LogP contribution in [0.15, 0.2) is 72.8 Å². The number of unbranched alkanes of at least 4 members (excludes halogenated alkanes) is 2. The van der Waals surface area contributed by atoms with Gasteiger partial charge in [0.25, 0.3) is 0 Å². The Kier molecular flexibility index (Phi) is 17.2. The molecule has 0 bridgehead atoms. The van der Waals surface area contributed by atoms with Crippen molar-refractivity contribution < 1.29 is 49.0 Å². The van der Waals surface area contributed by atoms with Gasteiger partial charge in [0.1, 0.15) is 0 Å². The van der Waals surface area contributed by atoms with Crippen LogP contribution in [-0.4, -0.2) is 3.21 Å². The molecule has 3 heteroatoms. The molecule has 0 radical (unpaired) electrons. The molecule has 4 rings (SSSR count). The normalized spacial score (nSPS) is 11.1. The Bertz CT molecular complexity index is 835. The second-order valence-corrected chi connectivity index (χ2v) is 8.87. The van der Waals surface area contributed by atoms with Crippen molar-refractivity contribution in [2.45, 2.75) is 58.8 Å². The van der Waals surface area contributed by atoms with Crippen LogP contribution in [0.2, 0.25) is 0 Å². The van der Waals surface area contributed by atoms with Crippen LogP contribution >= 0.6 is 0 Å². The van der Waals surface area contributed by atoms with Crippen LogP contribution in [0.3, 0.4) is 0 Å². The molecule has 1 aliphatic rings. The topological polar surface area (TPSA) is 0 Å². The fourth-order valence-electron chi connectivity index (χ4n) is 3.15. The van der Waals surface area contributed by atoms with Gasteiger partial charge in [0.15, 0.2) is 0 Å². The second kappa shape index (κ2) is 17.8. The Morgan fingerprint density at radius 3 is 1.73 bits per heavy atom. The van der Waals surface area contributed by atoms with E-state index in [-0.39, 0.29) is 24.8 Å². The molecule has 0 heterocycles. The fourth-order valence-corrected chi connectivity index (χ4v) is 4.02. The minimum absolute atomic E-state index is 0. The number of fused-ring (bicyclic) bond motifs is 3. The van der Waals surface area contributed by atoms with Crippen molar-refractivity contribution in [2.24, 2.45) is 0 Å². The molecule has 0 saturated carbocycles. The van der Waals surface area contributed by atoms with Gasteiger partial charge in [0.2, 0.25) is 0 Å². The molecule has 30 heavy (non-hydrogen) atoms. The van der Waals surface area contributed by atoms with Crippen molar-refractivity contribution in [1.82, 2.24) is 0 Å². The molecule has 3 aromatic carbocycles. The van der Waals surface area contributed by atoms with E-state index < -0.39 is 0 Å². The third kappa shape index (κ3) is 10.4. The van der Waals surface area contributed by atoms with E-state index in [1.165, 1.54) is 60.1 Å². The third-order valence-electron chi connectivity index (χ3n) is 4.77. The third-order valence-corrected chi connectivity index (χ3v) is 6.00. The number of halogens is 2. The van der Waals surface area contributed by atoms with E-state index in [9.17, 15) is 0 Å². The molecule has 0 fully saturated rings. The van der Waals surface area contributed by atoms with E-state index in [0.717, 1.165) is 6.42 Å². The Morgan fingerprint density at radius 1 is 0.867 bits per heavy atom. The molecular formula is C27H32Cl2Zr-2. The van der Waals surface area contributed by atoms with E-state index in [1.54, 1.807) is 27.4 Å². The molecule has 0 atom stereocenters. The second-order valence-electron chi connectivity index (χ2n) is 7.13. The zero-order chi connectivity index (χ0) is 20.0. The molecule has 0 N–H and O–H groups in total. The Balaban J connectivity index is 0.000000444. The van der Waals surface area contributed by atoms with Gasteiger partial charge in [-0.25, -0.2) is 12.2 Å². The van der Waals surface area contributed by atoms with E-state index in [2.05, 4.69) is 80.6 Å². The first kappa shape index (κ1) is 29.1. The predicted molar refractivity (Wildman–Crippen MR) is 123 cm³/mol. The van der Waals surface area contributed by atoms with E-state index in [4.69, 9.17) is 0 Å². The van der Waals surface area contributed by atoms with Gasteiger partial charge in [0.05, 0.1) is 0 Å². The quantitative estimate of drug-likeness (QED) is 0.439. The minimum Gasteiger partial charge on any atom is -1.00 e. The number of hydrogen-bond acceptors (Lipinski definition) is 0. The first-order valence-corrected chi connectivity index (χ1v) is 11.8. The van der Waals surface area contributed by atoms with Crippen LogP contribution in [0.25, 0.3) is 21.5 Å². The summed E-state index contributed by atoms with van der Waals surface area (Å²) >= 11 is 1.67. The Labute approximate surface area is 210 Å². The summed E-state index contributed by atoms with van der Waals surface area (Å²) in [6.07, 6.45) is 18.3. The van der Waals surface area contributed by atoms with Crippen LogP contribution in [0, 0.1) is 6.08 Å². The van der Waals surface area contributed by atoms with E-state index in [1.807, 2.05) is 12.2 Å². The van der Waals surface area contributed by atoms with Gasteiger partial charge in [-0.3, -0.25) is 6.08 Å². The number of hydrogen-bond donors (Lipinski definition) is 0. The van der Waals surface area contributed by atoms with Crippen LogP contribution in [0.5, 0.6) is 0 Å². The fraction of sp³-hybridized carbons (Fsp3) is 0.333. The summed E-state index contributed by atoms with van der Waals surface area (Å²) in [5.41, 5.74) is 0. The molecule has 3 aromatic rings. The average Bonchev–Trinajstić information content (AvgIpc) is 3.42. The first-order chi connectivity index (χ1) is 13.8. The maximum Gasteiger partial charge on any atom is -0.0771 e. The predicted octanol–water partition coefficient (Wildman–Crippen LogP) is 2.11. The average molecular weight is 519 g/mol. The van der Waals surface area contributed by atoms with Gasteiger partial charge in [-0.15, -0.1) is 46.2 Å². The van der Waals surface area contributed by atoms with Crippen LogP contribution in [0.4, 0.5) is 0 Å². The molecule has 0 aromatic heterocycles. The number of benzene rings is 2. The molecule has 160 valence electrons. The number of allylic oxidation sites excluding steroid dienone is 4. The van der Waals surface area contributed by atoms with E-state index >= 15 is 0 Å². The SMILES string of the molecule is CCCC[C](=[Zr+2])CCCC.[C-]1=CC=CC1.[Cl-].[Cl-].c1ccc2c(c1)[cH-]c1ccccc12. The summed E-state index contributed by atoms with van der Waals surface area (Å²) in [5, 5.41) is 5.39. The zero-order valence-corrected chi connectivity index (χ0v) is 22.1. The van der Waals surface area contributed by atoms with Crippen LogP contribution in [-0.2, 0) is 24.2 Å². The summed E-state index contributed by atoms with van der Waals surface area (Å²) < 4.78 is 1.79. The number of rotatable bonds is 6. The van der Waals surface area contributed by atoms with Crippen molar-refractivity contribution in [2.75, 3.05) is 0 Å². The first-order valence-electron chi connectivity index (χ1n) is 10.6. The van der Waals surface area contributed by atoms with Crippen molar-refractivity contribution in [3.8, 4) is 0 Å². The smallest absolute Gasteiger partial charge is 0.0771 e. The Hall–Kier alpha value is -0.877. The summed E-state index contributed by atoms with van der Waals surface area (Å²) in [5.74, 6) is 0. The van der Waals surface area contributed by atoms with Crippen LogP contribution < -0.4 is 24.8 Å². The molecular weight excluding hydrogens is 486 g/mol. The maximum atomic E-state index is 2.99. The van der Waals surface area contributed by atoms with E-state index in [0.29, 0.717) is 0 Å². The molecule has 0 saturated heterocycles. The van der Waals surface area contributed by atoms with Crippen molar-refractivity contribution in [1.29, 1.82) is 0 Å². The maximum absolute atomic E-state index is 2.99. The minimum atomic E-state index is 0. The van der Waals surface area contributed by atoms with Gasteiger partial charge in [-0.1, -0.05) is 36.4 Å². The standard InChI is InChI=1S/C13H9.C9H18.C5H5.2ClH.Zr/c1-3-7-12-10(5-1)9-11-6-2-4-8-13(11)12;1-3-5-7-9-8-6-4-2;1-2-4-5-3-1;;;/h1-9H;3-8H2,1-2H3;1-3H,4H2;2*1H;/q-1;;-1;;;+2/p-2. The van der Waals surface area contributed by atoms with Gasteiger partial charge in [-0.2, -0.15) is 6.08 Å². The van der Waals surface area contributed by atoms with Gasteiger partial charge in [0, 0.05) is 0 Å². The summed E-state index contributed by atoms with van der Waals surface area (Å²) in [6.45, 7) is 4.53. The Morgan fingerprint density at radius 2 is 1.37 bits per heavy atom. The molecule has 0 unspecified atom stereocenters. The van der Waals surface area contributed by atoms with Crippen molar-refractivity contribution in [3.05, 3.63) is 78.9 Å². The van der Waals surface area contributed by atoms with Crippen LogP contribution in [0.1, 0.15) is 58.8 Å². The molecule has 0 nitrogen and oxygen atoms in total. The summed E-state index contributed by atoms with van der Waals surface area (Å²) in [6, 6.07) is 19.3. The molecule has 0 spiro atoms. The summed E-state index contributed by atoms with van der Waals surface area (Å²) in [4.78, 5) is 0. The molecule has 0 amide bonds. The van der Waals surface area contributed by atoms with Gasteiger partial charge < -0.3 is 24.8 Å². The van der Waals surface area contributed by atoms with Gasteiger partial charge in [-0.05, 0) is 0 Å². The largest absolute Gasteiger partial charge is 1.00 e. The van der Waals surface area contributed by atoms with Gasteiger partial charge >= 0.3 is 79.8 Å². The monoisotopic (exact) mass is 516 g/mol. The van der Waals surface area contributed by atoms with Crippen molar-refractivity contribution >= 4 is 24.8 Å². The zero-order valence-electron chi connectivity index (χ0n) is 18.1. The summed E-state index contributed by atoms with van der Waals surface area (Å²) in [7, 11) is 0.